The summed E-state index contributed by atoms with van der Waals surface area (Å²) >= 11 is 0. The van der Waals surface area contributed by atoms with Gasteiger partial charge in [0.1, 0.15) is 5.75 Å². The molecule has 0 N–H and O–H groups in total. The third-order valence-electron chi connectivity index (χ3n) is 3.26. The van der Waals surface area contributed by atoms with Crippen LogP contribution in [0.25, 0.3) is 0 Å². The lowest BCUT2D eigenvalue weighted by atomic mass is 10.2. The molecule has 2 rings (SSSR count). The lowest BCUT2D eigenvalue weighted by Crippen LogP contribution is -2.32. The van der Waals surface area contributed by atoms with Crippen LogP contribution < -0.4 is 10.0 Å². The quantitative estimate of drug-likeness (QED) is 0.730. The second-order valence-corrected chi connectivity index (χ2v) is 6.93. The molecule has 1 heterocycles. The first-order valence-corrected chi connectivity index (χ1v) is 7.50. The average molecular weight is 237 g/mol. The molecule has 0 unspecified atom stereocenters. The van der Waals surface area contributed by atoms with Crippen LogP contribution in [0.1, 0.15) is 5.56 Å². The van der Waals surface area contributed by atoms with Crippen molar-refractivity contribution >= 4 is 13.2 Å². The van der Waals surface area contributed by atoms with E-state index < -0.39 is 0 Å². The van der Waals surface area contributed by atoms with Crippen LogP contribution in [0.3, 0.4) is 0 Å². The van der Waals surface area contributed by atoms with Gasteiger partial charge in [0, 0.05) is 13.1 Å². The monoisotopic (exact) mass is 237 g/mol. The summed E-state index contributed by atoms with van der Waals surface area (Å²) in [7, 11) is 4.02. The number of ether oxygens (including phenoxy) is 1. The molecule has 16 heavy (non-hydrogen) atoms. The van der Waals surface area contributed by atoms with E-state index in [0.29, 0.717) is 0 Å². The molecular formula is C13H20NOP. The predicted molar refractivity (Wildman–Crippen MR) is 71.5 cm³/mol. The number of hydrogen-bond donors (Lipinski definition) is 0. The predicted octanol–water partition coefficient (Wildman–Crippen LogP) is 2.06. The molecule has 1 aliphatic rings. The molecule has 3 heteroatoms. The first-order valence-electron chi connectivity index (χ1n) is 5.79. The Labute approximate surface area is 99.4 Å². The van der Waals surface area contributed by atoms with E-state index in [1.807, 2.05) is 0 Å². The van der Waals surface area contributed by atoms with Gasteiger partial charge in [0.15, 0.2) is 0 Å². The highest BCUT2D eigenvalue weighted by atomic mass is 31.1. The van der Waals surface area contributed by atoms with Gasteiger partial charge in [0.05, 0.1) is 7.11 Å². The molecule has 0 bridgehead atoms. The van der Waals surface area contributed by atoms with Gasteiger partial charge in [-0.1, -0.05) is 20.1 Å². The third-order valence-corrected chi connectivity index (χ3v) is 5.75. The number of aryl methyl sites for hydroxylation is 1. The van der Waals surface area contributed by atoms with Crippen LogP contribution in [0, 0.1) is 6.92 Å². The Hall–Kier alpha value is -0.590. The van der Waals surface area contributed by atoms with Crippen molar-refractivity contribution in [2.24, 2.45) is 0 Å². The van der Waals surface area contributed by atoms with E-state index in [2.05, 4.69) is 37.1 Å². The summed E-state index contributed by atoms with van der Waals surface area (Å²) in [6.07, 6.45) is 2.66. The maximum absolute atomic E-state index is 5.40. The summed E-state index contributed by atoms with van der Waals surface area (Å²) in [5, 5.41) is 1.51. The highest BCUT2D eigenvalue weighted by Crippen LogP contribution is 2.37. The maximum atomic E-state index is 5.40. The largest absolute Gasteiger partial charge is 0.496 e. The molecule has 0 saturated carbocycles. The summed E-state index contributed by atoms with van der Waals surface area (Å²) in [5.41, 5.74) is 1.23. The number of methoxy groups -OCH3 is 1. The topological polar surface area (TPSA) is 12.5 Å². The van der Waals surface area contributed by atoms with Crippen LogP contribution >= 0.6 is 7.92 Å². The molecule has 1 saturated heterocycles. The van der Waals surface area contributed by atoms with Crippen molar-refractivity contribution in [3.63, 3.8) is 0 Å². The summed E-state index contributed by atoms with van der Waals surface area (Å²) in [5.74, 6) is 1.04. The van der Waals surface area contributed by atoms with Gasteiger partial charge in [0.2, 0.25) is 0 Å². The minimum absolute atomic E-state index is 0.0506. The fraction of sp³-hybridized carbons (Fsp3) is 0.538. The summed E-state index contributed by atoms with van der Waals surface area (Å²) in [4.78, 5) is 2.42. The second kappa shape index (κ2) is 5.16. The minimum atomic E-state index is 0.0506. The van der Waals surface area contributed by atoms with Crippen LogP contribution in [-0.4, -0.2) is 44.5 Å². The maximum Gasteiger partial charge on any atom is 0.122 e. The second-order valence-electron chi connectivity index (χ2n) is 4.44. The van der Waals surface area contributed by atoms with Crippen LogP contribution in [0.4, 0.5) is 0 Å². The smallest absolute Gasteiger partial charge is 0.122 e. The lowest BCUT2D eigenvalue weighted by molar-refractivity contribution is 0.369. The Morgan fingerprint density at radius 2 is 1.94 bits per heavy atom. The molecule has 0 aliphatic carbocycles. The highest BCUT2D eigenvalue weighted by molar-refractivity contribution is 7.65. The fourth-order valence-electron chi connectivity index (χ4n) is 2.07. The Morgan fingerprint density at radius 3 is 2.56 bits per heavy atom. The SMILES string of the molecule is COc1cc(P2CCN(C)CC2)ccc1C. The van der Waals surface area contributed by atoms with Gasteiger partial charge < -0.3 is 9.64 Å². The highest BCUT2D eigenvalue weighted by Gasteiger charge is 2.18. The Bertz CT molecular complexity index is 359. The van der Waals surface area contributed by atoms with Gasteiger partial charge in [-0.05, 0) is 43.2 Å². The molecule has 1 aromatic carbocycles. The van der Waals surface area contributed by atoms with Gasteiger partial charge in [-0.3, -0.25) is 0 Å². The molecule has 1 aliphatic heterocycles. The van der Waals surface area contributed by atoms with Crippen molar-refractivity contribution < 1.29 is 4.74 Å². The molecule has 2 nitrogen and oxygen atoms in total. The van der Waals surface area contributed by atoms with E-state index in [0.717, 1.165) is 5.75 Å². The van der Waals surface area contributed by atoms with Crippen molar-refractivity contribution in [3.8, 4) is 5.75 Å². The summed E-state index contributed by atoms with van der Waals surface area (Å²) in [6, 6.07) is 6.72. The standard InChI is InChI=1S/C13H20NOP/c1-11-4-5-12(10-13(11)15-3)16-8-6-14(2)7-9-16/h4-5,10H,6-9H2,1-3H3. The number of nitrogens with zero attached hydrogens (tertiary/aromatic N) is 1. The van der Waals surface area contributed by atoms with E-state index in [1.165, 1.54) is 36.3 Å². The normalized spacial score (nSPS) is 18.7. The first kappa shape index (κ1) is 11.9. The zero-order chi connectivity index (χ0) is 11.5. The van der Waals surface area contributed by atoms with Gasteiger partial charge in [-0.15, -0.1) is 0 Å². The molecule has 1 aromatic rings. The molecule has 1 fully saturated rings. The van der Waals surface area contributed by atoms with Crippen molar-refractivity contribution in [3.05, 3.63) is 23.8 Å². The van der Waals surface area contributed by atoms with Crippen LogP contribution in [0.5, 0.6) is 5.75 Å². The fourth-order valence-corrected chi connectivity index (χ4v) is 4.56. The van der Waals surface area contributed by atoms with Crippen molar-refractivity contribution in [2.75, 3.05) is 39.6 Å². The van der Waals surface area contributed by atoms with Crippen molar-refractivity contribution in [1.29, 1.82) is 0 Å². The van der Waals surface area contributed by atoms with E-state index in [4.69, 9.17) is 4.74 Å². The molecule has 0 radical (unpaired) electrons. The molecule has 0 spiro atoms. The Kier molecular flexibility index (Phi) is 3.83. The van der Waals surface area contributed by atoms with Crippen LogP contribution in [-0.2, 0) is 0 Å². The molecule has 0 amide bonds. The summed E-state index contributed by atoms with van der Waals surface area (Å²) < 4.78 is 5.40. The number of hydrogen-bond acceptors (Lipinski definition) is 2. The van der Waals surface area contributed by atoms with E-state index >= 15 is 0 Å². The van der Waals surface area contributed by atoms with Crippen LogP contribution in [0.2, 0.25) is 0 Å². The van der Waals surface area contributed by atoms with Gasteiger partial charge in [0.25, 0.3) is 0 Å². The molecule has 0 aromatic heterocycles. The Balaban J connectivity index is 2.14. The molecule has 0 atom stereocenters. The lowest BCUT2D eigenvalue weighted by Gasteiger charge is -2.29. The third kappa shape index (κ3) is 2.56. The van der Waals surface area contributed by atoms with E-state index in [-0.39, 0.29) is 7.92 Å². The number of benzene rings is 1. The zero-order valence-corrected chi connectivity index (χ0v) is 11.3. The average Bonchev–Trinajstić information content (AvgIpc) is 2.31. The van der Waals surface area contributed by atoms with Crippen molar-refractivity contribution in [2.45, 2.75) is 6.92 Å². The molecular weight excluding hydrogens is 217 g/mol. The van der Waals surface area contributed by atoms with Gasteiger partial charge in [-0.2, -0.15) is 0 Å². The van der Waals surface area contributed by atoms with E-state index in [1.54, 1.807) is 7.11 Å². The van der Waals surface area contributed by atoms with Crippen LogP contribution in [0.15, 0.2) is 18.2 Å². The summed E-state index contributed by atoms with van der Waals surface area (Å²) in [6.45, 7) is 4.58. The zero-order valence-electron chi connectivity index (χ0n) is 10.4. The van der Waals surface area contributed by atoms with Gasteiger partial charge >= 0.3 is 0 Å². The first-order chi connectivity index (χ1) is 7.70. The number of rotatable bonds is 2. The minimum Gasteiger partial charge on any atom is -0.496 e. The van der Waals surface area contributed by atoms with Crippen molar-refractivity contribution in [1.82, 2.24) is 4.90 Å². The van der Waals surface area contributed by atoms with Gasteiger partial charge in [-0.25, -0.2) is 0 Å². The van der Waals surface area contributed by atoms with E-state index in [9.17, 15) is 0 Å². The molecule has 88 valence electrons. The Morgan fingerprint density at radius 1 is 1.25 bits per heavy atom.